The molecule has 0 aromatic heterocycles. The second kappa shape index (κ2) is 55.5. The lowest BCUT2D eigenvalue weighted by Gasteiger charge is -2.18. The fourth-order valence-electron chi connectivity index (χ4n) is 8.76. The van der Waals surface area contributed by atoms with Gasteiger partial charge in [0, 0.05) is 19.3 Å². The van der Waals surface area contributed by atoms with E-state index in [4.69, 9.17) is 14.2 Å². The van der Waals surface area contributed by atoms with E-state index in [0.717, 1.165) is 77.0 Å². The van der Waals surface area contributed by atoms with Gasteiger partial charge >= 0.3 is 17.9 Å². The van der Waals surface area contributed by atoms with Crippen molar-refractivity contribution in [3.8, 4) is 0 Å². The molecule has 0 aromatic carbocycles. The first kappa shape index (κ1) is 63.9. The van der Waals surface area contributed by atoms with E-state index >= 15 is 0 Å². The molecule has 0 fully saturated rings. The predicted molar refractivity (Wildman–Crippen MR) is 284 cm³/mol. The van der Waals surface area contributed by atoms with Crippen LogP contribution in [0.5, 0.6) is 0 Å². The topological polar surface area (TPSA) is 78.9 Å². The number of esters is 3. The van der Waals surface area contributed by atoms with Crippen LogP contribution in [0.25, 0.3) is 0 Å². The van der Waals surface area contributed by atoms with Gasteiger partial charge in [0.05, 0.1) is 0 Å². The summed E-state index contributed by atoms with van der Waals surface area (Å²) >= 11 is 0. The molecule has 66 heavy (non-hydrogen) atoms. The number of carbonyl (C=O) groups is 3. The number of ether oxygens (including phenoxy) is 3. The van der Waals surface area contributed by atoms with Gasteiger partial charge in [-0.05, 0) is 44.9 Å². The monoisotopic (exact) mass is 929 g/mol. The van der Waals surface area contributed by atoms with Crippen molar-refractivity contribution in [3.05, 3.63) is 24.3 Å². The van der Waals surface area contributed by atoms with Crippen LogP contribution in [0.15, 0.2) is 24.3 Å². The second-order valence-electron chi connectivity index (χ2n) is 19.9. The van der Waals surface area contributed by atoms with Crippen molar-refractivity contribution >= 4 is 17.9 Å². The lowest BCUT2D eigenvalue weighted by molar-refractivity contribution is -0.167. The fourth-order valence-corrected chi connectivity index (χ4v) is 8.76. The van der Waals surface area contributed by atoms with Crippen LogP contribution in [0.2, 0.25) is 0 Å². The first-order valence-corrected chi connectivity index (χ1v) is 29.3. The maximum atomic E-state index is 12.9. The van der Waals surface area contributed by atoms with Crippen LogP contribution in [-0.2, 0) is 28.6 Å². The van der Waals surface area contributed by atoms with Crippen molar-refractivity contribution < 1.29 is 28.6 Å². The van der Waals surface area contributed by atoms with Crippen LogP contribution in [0, 0.1) is 0 Å². The Kier molecular flexibility index (Phi) is 53.7. The maximum Gasteiger partial charge on any atom is 0.306 e. The van der Waals surface area contributed by atoms with Gasteiger partial charge in [0.1, 0.15) is 13.2 Å². The van der Waals surface area contributed by atoms with E-state index in [1.807, 2.05) is 0 Å². The first-order chi connectivity index (χ1) is 32.5. The molecule has 0 aliphatic rings. The third kappa shape index (κ3) is 52.9. The maximum absolute atomic E-state index is 12.9. The Morgan fingerprint density at radius 3 is 0.879 bits per heavy atom. The van der Waals surface area contributed by atoms with Gasteiger partial charge in [0.2, 0.25) is 0 Å². The number of rotatable bonds is 54. The Morgan fingerprint density at radius 2 is 0.561 bits per heavy atom. The van der Waals surface area contributed by atoms with E-state index in [9.17, 15) is 14.4 Å². The number of hydrogen-bond donors (Lipinski definition) is 0. The van der Waals surface area contributed by atoms with Gasteiger partial charge in [-0.25, -0.2) is 0 Å². The smallest absolute Gasteiger partial charge is 0.306 e. The van der Waals surface area contributed by atoms with Crippen LogP contribution >= 0.6 is 0 Å². The molecule has 1 unspecified atom stereocenters. The summed E-state index contributed by atoms with van der Waals surface area (Å²) in [4.78, 5) is 38.1. The summed E-state index contributed by atoms with van der Waals surface area (Å²) < 4.78 is 16.9. The quantitative estimate of drug-likeness (QED) is 0.0262. The Balaban J connectivity index is 4.32. The largest absolute Gasteiger partial charge is 0.462 e. The Labute approximate surface area is 411 Å². The average Bonchev–Trinajstić information content (AvgIpc) is 3.31. The van der Waals surface area contributed by atoms with Crippen molar-refractivity contribution in [1.29, 1.82) is 0 Å². The van der Waals surface area contributed by atoms with Gasteiger partial charge in [0.25, 0.3) is 0 Å². The zero-order valence-corrected chi connectivity index (χ0v) is 44.5. The van der Waals surface area contributed by atoms with E-state index < -0.39 is 6.10 Å². The lowest BCUT2D eigenvalue weighted by atomic mass is 10.0. The van der Waals surface area contributed by atoms with Crippen LogP contribution in [0.1, 0.15) is 323 Å². The Hall–Kier alpha value is -2.11. The van der Waals surface area contributed by atoms with Gasteiger partial charge in [-0.3, -0.25) is 14.4 Å². The third-order valence-corrected chi connectivity index (χ3v) is 13.2. The molecule has 0 aliphatic heterocycles. The second-order valence-corrected chi connectivity index (χ2v) is 19.9. The number of hydrogen-bond acceptors (Lipinski definition) is 6. The molecular formula is C60H112O6. The van der Waals surface area contributed by atoms with E-state index in [0.29, 0.717) is 19.3 Å². The third-order valence-electron chi connectivity index (χ3n) is 13.2. The molecule has 0 saturated carbocycles. The van der Waals surface area contributed by atoms with E-state index in [1.165, 1.54) is 205 Å². The molecule has 0 aliphatic carbocycles. The van der Waals surface area contributed by atoms with Crippen molar-refractivity contribution in [3.63, 3.8) is 0 Å². The van der Waals surface area contributed by atoms with E-state index in [2.05, 4.69) is 45.1 Å². The minimum Gasteiger partial charge on any atom is -0.462 e. The molecule has 0 rings (SSSR count). The molecule has 1 atom stereocenters. The number of carbonyl (C=O) groups excluding carboxylic acids is 3. The predicted octanol–water partition coefficient (Wildman–Crippen LogP) is 19.5. The Bertz CT molecular complexity index is 1070. The molecule has 388 valence electrons. The van der Waals surface area contributed by atoms with Crippen LogP contribution in [0.4, 0.5) is 0 Å². The number of unbranched alkanes of at least 4 members (excludes halogenated alkanes) is 39. The van der Waals surface area contributed by atoms with Crippen LogP contribution < -0.4 is 0 Å². The highest BCUT2D eigenvalue weighted by Gasteiger charge is 2.19. The van der Waals surface area contributed by atoms with Crippen molar-refractivity contribution in [2.24, 2.45) is 0 Å². The van der Waals surface area contributed by atoms with E-state index in [1.54, 1.807) is 0 Å². The molecule has 0 heterocycles. The summed E-state index contributed by atoms with van der Waals surface area (Å²) in [6, 6.07) is 0. The molecule has 0 radical (unpaired) electrons. The lowest BCUT2D eigenvalue weighted by Crippen LogP contribution is -2.30. The molecule has 0 amide bonds. The fraction of sp³-hybridized carbons (Fsp3) is 0.883. The summed E-state index contributed by atoms with van der Waals surface area (Å²) in [7, 11) is 0. The molecule has 0 saturated heterocycles. The molecule has 0 aromatic rings. The van der Waals surface area contributed by atoms with Gasteiger partial charge in [-0.1, -0.05) is 283 Å². The van der Waals surface area contributed by atoms with Crippen molar-refractivity contribution in [1.82, 2.24) is 0 Å². The molecule has 6 nitrogen and oxygen atoms in total. The Morgan fingerprint density at radius 1 is 0.303 bits per heavy atom. The van der Waals surface area contributed by atoms with Gasteiger partial charge in [-0.15, -0.1) is 0 Å². The zero-order chi connectivity index (χ0) is 47.9. The summed E-state index contributed by atoms with van der Waals surface area (Å²) in [5.74, 6) is -0.862. The SMILES string of the molecule is CCCC/C=C\C/C=C\CCCCCCCC(=O)OCC(COC(=O)CCCCCCCCCCCCCCCCCCCC)OC(=O)CCCCCCCCCCCCCCCCCC. The highest BCUT2D eigenvalue weighted by Crippen LogP contribution is 2.17. The van der Waals surface area contributed by atoms with Gasteiger partial charge in [0.15, 0.2) is 6.10 Å². The summed E-state index contributed by atoms with van der Waals surface area (Å²) in [5.41, 5.74) is 0. The van der Waals surface area contributed by atoms with Crippen molar-refractivity contribution in [2.45, 2.75) is 329 Å². The summed E-state index contributed by atoms with van der Waals surface area (Å²) in [6.45, 7) is 6.64. The van der Waals surface area contributed by atoms with Gasteiger partial charge < -0.3 is 14.2 Å². The van der Waals surface area contributed by atoms with E-state index in [-0.39, 0.29) is 31.1 Å². The van der Waals surface area contributed by atoms with Gasteiger partial charge in [-0.2, -0.15) is 0 Å². The zero-order valence-electron chi connectivity index (χ0n) is 44.5. The molecule has 6 heteroatoms. The van der Waals surface area contributed by atoms with Crippen molar-refractivity contribution in [2.75, 3.05) is 13.2 Å². The number of allylic oxidation sites excluding steroid dienone is 4. The summed E-state index contributed by atoms with van der Waals surface area (Å²) in [5, 5.41) is 0. The highest BCUT2D eigenvalue weighted by atomic mass is 16.6. The average molecular weight is 930 g/mol. The molecular weight excluding hydrogens is 817 g/mol. The minimum atomic E-state index is -0.772. The molecule has 0 spiro atoms. The minimum absolute atomic E-state index is 0.0700. The molecule has 0 N–H and O–H groups in total. The standard InChI is InChI=1S/C60H112O6/c1-4-7-10-13-16-19-22-25-28-30-31-33-35-38-41-44-47-50-53-59(62)65-56-57(55-64-58(61)52-49-46-43-40-37-34-27-24-21-18-15-12-9-6-3)66-60(63)54-51-48-45-42-39-36-32-29-26-23-20-17-14-11-8-5-2/h15,18,24,27,57H,4-14,16-17,19-23,25-26,28-56H2,1-3H3/b18-15-,27-24-. The first-order valence-electron chi connectivity index (χ1n) is 29.3. The highest BCUT2D eigenvalue weighted by molar-refractivity contribution is 5.71. The normalized spacial score (nSPS) is 12.1. The summed E-state index contributed by atoms with van der Waals surface area (Å²) in [6.07, 6.45) is 64.5. The molecule has 0 bridgehead atoms. The van der Waals surface area contributed by atoms with Crippen LogP contribution in [-0.4, -0.2) is 37.2 Å². The van der Waals surface area contributed by atoms with Crippen LogP contribution in [0.3, 0.4) is 0 Å².